The van der Waals surface area contributed by atoms with Crippen LogP contribution in [0.15, 0.2) is 12.1 Å². The van der Waals surface area contributed by atoms with Gasteiger partial charge in [-0.25, -0.2) is 0 Å². The fraction of sp³-hybridized carbons (Fsp3) is 0. The fourth-order valence-electron chi connectivity index (χ4n) is 1.39. The third-order valence-electron chi connectivity index (χ3n) is 2.16. The third kappa shape index (κ3) is 1.71. The summed E-state index contributed by atoms with van der Waals surface area (Å²) < 4.78 is 0. The van der Waals surface area contributed by atoms with Gasteiger partial charge in [0.05, 0.1) is 20.1 Å². The first-order valence-corrected chi connectivity index (χ1v) is 5.97. The highest BCUT2D eigenvalue weighted by Gasteiger charge is 2.18. The van der Waals surface area contributed by atoms with Gasteiger partial charge in [-0.2, -0.15) is 0 Å². The molecule has 0 aromatic heterocycles. The van der Waals surface area contributed by atoms with Crippen molar-refractivity contribution in [2.45, 2.75) is 0 Å². The zero-order valence-electron chi connectivity index (χ0n) is 7.49. The Morgan fingerprint density at radius 1 is 0.750 bits per heavy atom. The van der Waals surface area contributed by atoms with Crippen LogP contribution >= 0.6 is 58.0 Å². The van der Waals surface area contributed by atoms with Gasteiger partial charge in [-0.1, -0.05) is 64.1 Å². The molecule has 0 saturated heterocycles. The number of rotatable bonds is 0. The van der Waals surface area contributed by atoms with E-state index in [2.05, 4.69) is 0 Å². The largest absolute Gasteiger partial charge is 0.505 e. The first kappa shape index (κ1) is 12.4. The summed E-state index contributed by atoms with van der Waals surface area (Å²) in [5, 5.41) is 11.3. The molecule has 2 rings (SSSR count). The van der Waals surface area contributed by atoms with E-state index in [9.17, 15) is 5.11 Å². The Balaban J connectivity index is 3.09. The first-order valence-electron chi connectivity index (χ1n) is 4.08. The molecule has 0 bridgehead atoms. The zero-order valence-corrected chi connectivity index (χ0v) is 11.3. The van der Waals surface area contributed by atoms with E-state index in [0.29, 0.717) is 15.8 Å². The molecule has 1 nitrogen and oxygen atoms in total. The van der Waals surface area contributed by atoms with Crippen LogP contribution in [0.3, 0.4) is 0 Å². The van der Waals surface area contributed by atoms with Gasteiger partial charge in [0.2, 0.25) is 0 Å². The Morgan fingerprint density at radius 3 is 2.00 bits per heavy atom. The van der Waals surface area contributed by atoms with Crippen LogP contribution in [0, 0.1) is 0 Å². The maximum Gasteiger partial charge on any atom is 0.154 e. The van der Waals surface area contributed by atoms with Crippen molar-refractivity contribution in [1.82, 2.24) is 0 Å². The highest BCUT2D eigenvalue weighted by Crippen LogP contribution is 2.47. The molecule has 0 unspecified atom stereocenters. The Hall–Kier alpha value is -0.0500. The van der Waals surface area contributed by atoms with E-state index in [4.69, 9.17) is 58.0 Å². The summed E-state index contributed by atoms with van der Waals surface area (Å²) in [5.41, 5.74) is 0. The number of phenolic OH excluding ortho intramolecular Hbond substituents is 1. The number of hydrogen-bond donors (Lipinski definition) is 1. The van der Waals surface area contributed by atoms with Gasteiger partial charge in [-0.05, 0) is 6.07 Å². The van der Waals surface area contributed by atoms with Gasteiger partial charge in [-0.3, -0.25) is 0 Å². The topological polar surface area (TPSA) is 20.2 Å². The van der Waals surface area contributed by atoms with E-state index in [1.807, 2.05) is 0 Å². The predicted molar refractivity (Wildman–Crippen MR) is 70.7 cm³/mol. The minimum absolute atomic E-state index is 0.0386. The molecule has 84 valence electrons. The number of hydrogen-bond acceptors (Lipinski definition) is 1. The van der Waals surface area contributed by atoms with E-state index >= 15 is 0 Å². The highest BCUT2D eigenvalue weighted by atomic mass is 35.5. The van der Waals surface area contributed by atoms with Crippen molar-refractivity contribution in [3.05, 3.63) is 37.2 Å². The number of halogens is 5. The van der Waals surface area contributed by atoms with Crippen LogP contribution < -0.4 is 0 Å². The molecular weight excluding hydrogens is 313 g/mol. The average molecular weight is 316 g/mol. The summed E-state index contributed by atoms with van der Waals surface area (Å²) in [5.74, 6) is -0.265. The summed E-state index contributed by atoms with van der Waals surface area (Å²) >= 11 is 29.6. The summed E-state index contributed by atoms with van der Waals surface area (Å²) in [6.07, 6.45) is 0. The maximum absolute atomic E-state index is 9.62. The molecule has 0 aliphatic heterocycles. The lowest BCUT2D eigenvalue weighted by Crippen LogP contribution is -1.83. The molecule has 0 radical (unpaired) electrons. The summed E-state index contributed by atoms with van der Waals surface area (Å²) in [7, 11) is 0. The number of fused-ring (bicyclic) bond motifs is 1. The van der Waals surface area contributed by atoms with Crippen LogP contribution in [-0.4, -0.2) is 5.11 Å². The molecule has 2 aromatic rings. The molecule has 0 amide bonds. The van der Waals surface area contributed by atoms with Gasteiger partial charge in [0.25, 0.3) is 0 Å². The molecule has 0 saturated carbocycles. The van der Waals surface area contributed by atoms with Crippen LogP contribution in [0.25, 0.3) is 10.8 Å². The van der Waals surface area contributed by atoms with Crippen LogP contribution in [0.5, 0.6) is 5.75 Å². The zero-order chi connectivity index (χ0) is 12.0. The lowest BCUT2D eigenvalue weighted by atomic mass is 10.1. The molecular formula is C10H3Cl5O. The number of benzene rings is 2. The lowest BCUT2D eigenvalue weighted by molar-refractivity contribution is 0.477. The van der Waals surface area contributed by atoms with Gasteiger partial charge in [0.15, 0.2) is 5.75 Å². The number of aromatic hydroxyl groups is 1. The summed E-state index contributed by atoms with van der Waals surface area (Å²) in [4.78, 5) is 0. The van der Waals surface area contributed by atoms with Gasteiger partial charge in [0, 0.05) is 10.8 Å². The average Bonchev–Trinajstić information content (AvgIpc) is 2.27. The molecule has 0 fully saturated rings. The van der Waals surface area contributed by atoms with E-state index < -0.39 is 0 Å². The monoisotopic (exact) mass is 314 g/mol. The SMILES string of the molecule is Oc1c(Cl)c(Cl)c2c(Cl)c(Cl)ccc2c1Cl. The van der Waals surface area contributed by atoms with Crippen molar-refractivity contribution in [2.75, 3.05) is 0 Å². The second-order valence-corrected chi connectivity index (χ2v) is 4.99. The van der Waals surface area contributed by atoms with Crippen molar-refractivity contribution in [2.24, 2.45) is 0 Å². The fourth-order valence-corrected chi connectivity index (χ4v) is 2.63. The minimum Gasteiger partial charge on any atom is -0.505 e. The quantitative estimate of drug-likeness (QED) is 0.608. The Bertz CT molecular complexity index is 594. The van der Waals surface area contributed by atoms with Crippen LogP contribution in [-0.2, 0) is 0 Å². The van der Waals surface area contributed by atoms with Gasteiger partial charge in [-0.15, -0.1) is 0 Å². The summed E-state index contributed by atoms with van der Waals surface area (Å²) in [6, 6.07) is 3.19. The molecule has 0 heterocycles. The highest BCUT2D eigenvalue weighted by molar-refractivity contribution is 6.53. The lowest BCUT2D eigenvalue weighted by Gasteiger charge is -2.10. The van der Waals surface area contributed by atoms with Crippen LogP contribution in [0.4, 0.5) is 0 Å². The van der Waals surface area contributed by atoms with Crippen molar-refractivity contribution in [1.29, 1.82) is 0 Å². The normalized spacial score (nSPS) is 11.1. The third-order valence-corrected chi connectivity index (χ3v) is 4.19. The second-order valence-electron chi connectivity index (χ2n) is 3.07. The smallest absolute Gasteiger partial charge is 0.154 e. The van der Waals surface area contributed by atoms with Crippen molar-refractivity contribution in [3.8, 4) is 5.75 Å². The van der Waals surface area contributed by atoms with Crippen LogP contribution in [0.2, 0.25) is 25.1 Å². The first-order chi connectivity index (χ1) is 7.45. The van der Waals surface area contributed by atoms with Crippen molar-refractivity contribution < 1.29 is 5.11 Å². The molecule has 2 aromatic carbocycles. The van der Waals surface area contributed by atoms with Gasteiger partial charge < -0.3 is 5.11 Å². The molecule has 6 heteroatoms. The Labute approximate surface area is 116 Å². The Morgan fingerprint density at radius 2 is 1.38 bits per heavy atom. The van der Waals surface area contributed by atoms with Crippen molar-refractivity contribution in [3.63, 3.8) is 0 Å². The van der Waals surface area contributed by atoms with Crippen molar-refractivity contribution >= 4 is 68.8 Å². The predicted octanol–water partition coefficient (Wildman–Crippen LogP) is 5.81. The van der Waals surface area contributed by atoms with E-state index in [-0.39, 0.29) is 25.8 Å². The van der Waals surface area contributed by atoms with E-state index in [0.717, 1.165) is 0 Å². The Kier molecular flexibility index (Phi) is 3.35. The second kappa shape index (κ2) is 4.32. The molecule has 1 N–H and O–H groups in total. The number of phenols is 1. The van der Waals surface area contributed by atoms with E-state index in [1.165, 1.54) is 0 Å². The van der Waals surface area contributed by atoms with E-state index in [1.54, 1.807) is 12.1 Å². The van der Waals surface area contributed by atoms with Gasteiger partial charge >= 0.3 is 0 Å². The molecule has 0 aliphatic carbocycles. The molecule has 0 aliphatic rings. The maximum atomic E-state index is 9.62. The van der Waals surface area contributed by atoms with Crippen LogP contribution in [0.1, 0.15) is 0 Å². The molecule has 0 atom stereocenters. The summed E-state index contributed by atoms with van der Waals surface area (Å²) in [6.45, 7) is 0. The minimum atomic E-state index is -0.265. The standard InChI is InChI=1S/C10H3Cl5O/c11-4-2-1-3-5(7(4)13)8(14)9(15)10(16)6(3)12/h1-2,16H. The van der Waals surface area contributed by atoms with Gasteiger partial charge in [0.1, 0.15) is 5.02 Å². The molecule has 0 spiro atoms. The molecule has 16 heavy (non-hydrogen) atoms.